The van der Waals surface area contributed by atoms with Crippen LogP contribution >= 0.6 is 23.2 Å². The van der Waals surface area contributed by atoms with Crippen molar-refractivity contribution in [2.45, 2.75) is 11.8 Å². The molecule has 2 amide bonds. The number of likely N-dealkylation sites (tertiary alicyclic amines) is 1. The third-order valence-corrected chi connectivity index (χ3v) is 9.40. The molecule has 7 nitrogen and oxygen atoms in total. The zero-order valence-electron chi connectivity index (χ0n) is 23.2. The first kappa shape index (κ1) is 29.5. The number of piperazine rings is 1. The van der Waals surface area contributed by atoms with E-state index in [2.05, 4.69) is 9.80 Å². The molecule has 2 aliphatic heterocycles. The molecule has 10 heteroatoms. The summed E-state index contributed by atoms with van der Waals surface area (Å²) in [5.41, 5.74) is 4.79. The lowest BCUT2D eigenvalue weighted by Crippen LogP contribution is -2.51. The number of halogens is 2. The van der Waals surface area contributed by atoms with E-state index in [-0.39, 0.29) is 17.8 Å². The van der Waals surface area contributed by atoms with Crippen molar-refractivity contribution in [1.29, 1.82) is 0 Å². The Kier molecular flexibility index (Phi) is 8.94. The first-order valence-electron chi connectivity index (χ1n) is 13.6. The predicted octanol–water partition coefficient (Wildman–Crippen LogP) is 5.70. The van der Waals surface area contributed by atoms with Gasteiger partial charge in [0.05, 0.1) is 11.8 Å². The summed E-state index contributed by atoms with van der Waals surface area (Å²) in [6, 6.07) is 23.2. The molecule has 41 heavy (non-hydrogen) atoms. The number of anilines is 1. The smallest absolute Gasteiger partial charge is 0.319 e. The van der Waals surface area contributed by atoms with E-state index in [1.54, 1.807) is 19.0 Å². The molecule has 2 aliphatic rings. The fraction of sp³-hybridized carbons (Fsp3) is 0.323. The van der Waals surface area contributed by atoms with Crippen LogP contribution in [-0.4, -0.2) is 82.5 Å². The molecule has 0 atom stereocenters. The summed E-state index contributed by atoms with van der Waals surface area (Å²) in [6.07, 6.45) is 0. The Morgan fingerprint density at radius 2 is 1.44 bits per heavy atom. The number of nitrogens with zero attached hydrogens (tertiary/aromatic N) is 4. The third-order valence-electron chi connectivity index (χ3n) is 7.47. The molecule has 2 fully saturated rings. The van der Waals surface area contributed by atoms with Crippen LogP contribution in [0.2, 0.25) is 10.0 Å². The normalized spacial score (nSPS) is 16.1. The zero-order chi connectivity index (χ0) is 29.1. The van der Waals surface area contributed by atoms with E-state index < -0.39 is 9.84 Å². The van der Waals surface area contributed by atoms with Crippen LogP contribution < -0.4 is 4.90 Å². The van der Waals surface area contributed by atoms with Gasteiger partial charge in [-0.1, -0.05) is 59.6 Å². The van der Waals surface area contributed by atoms with Crippen LogP contribution in [0.15, 0.2) is 83.8 Å². The largest absolute Gasteiger partial charge is 0.368 e. The monoisotopic (exact) mass is 612 g/mol. The van der Waals surface area contributed by atoms with E-state index >= 15 is 0 Å². The number of rotatable bonds is 7. The topological polar surface area (TPSA) is 64.2 Å². The highest BCUT2D eigenvalue weighted by atomic mass is 35.5. The quantitative estimate of drug-likeness (QED) is 0.342. The lowest BCUT2D eigenvalue weighted by molar-refractivity contribution is 0.168. The SMILES string of the molecule is CN(C)C(=O)N1CCN(c2cccc(CS(=O)(=O)C=C3CN(C(c4ccc(Cl)cc4)c4ccc(Cl)cc4)C3)c2)CC1. The average molecular weight is 614 g/mol. The first-order chi connectivity index (χ1) is 19.6. The van der Waals surface area contributed by atoms with E-state index in [0.717, 1.165) is 28.0 Å². The summed E-state index contributed by atoms with van der Waals surface area (Å²) in [5, 5.41) is 2.79. The Hall–Kier alpha value is -3.04. The van der Waals surface area contributed by atoms with Crippen molar-refractivity contribution < 1.29 is 13.2 Å². The van der Waals surface area contributed by atoms with Crippen molar-refractivity contribution in [3.05, 3.63) is 111 Å². The molecule has 0 bridgehead atoms. The standard InChI is InChI=1S/C31H34Cl2N4O3S/c1-34(2)31(38)36-16-14-35(15-17-36)29-5-3-4-23(18-29)21-41(39,40)22-24-19-37(20-24)30(25-6-10-27(32)11-7-25)26-8-12-28(33)13-9-26/h3-13,18,22,30H,14-17,19-21H2,1-2H3. The van der Waals surface area contributed by atoms with Gasteiger partial charge in [-0.25, -0.2) is 13.2 Å². The minimum absolute atomic E-state index is 0.0137. The fourth-order valence-electron chi connectivity index (χ4n) is 5.45. The minimum Gasteiger partial charge on any atom is -0.368 e. The van der Waals surface area contributed by atoms with Gasteiger partial charge >= 0.3 is 6.03 Å². The number of hydrogen-bond donors (Lipinski definition) is 0. The van der Waals surface area contributed by atoms with Crippen LogP contribution in [0.4, 0.5) is 10.5 Å². The van der Waals surface area contributed by atoms with Crippen LogP contribution in [0.25, 0.3) is 0 Å². The summed E-state index contributed by atoms with van der Waals surface area (Å²) >= 11 is 12.3. The number of amides is 2. The van der Waals surface area contributed by atoms with Gasteiger partial charge < -0.3 is 14.7 Å². The van der Waals surface area contributed by atoms with Crippen LogP contribution in [-0.2, 0) is 15.6 Å². The van der Waals surface area contributed by atoms with Crippen LogP contribution in [0.1, 0.15) is 22.7 Å². The zero-order valence-corrected chi connectivity index (χ0v) is 25.5. The van der Waals surface area contributed by atoms with Crippen LogP contribution in [0.3, 0.4) is 0 Å². The second-order valence-electron chi connectivity index (χ2n) is 10.8. The van der Waals surface area contributed by atoms with Gasteiger partial charge in [0.25, 0.3) is 0 Å². The highest BCUT2D eigenvalue weighted by Crippen LogP contribution is 2.35. The number of carbonyl (C=O) groups is 1. The summed E-state index contributed by atoms with van der Waals surface area (Å²) in [4.78, 5) is 20.1. The minimum atomic E-state index is -3.46. The predicted molar refractivity (Wildman–Crippen MR) is 166 cm³/mol. The molecule has 0 saturated carbocycles. The van der Waals surface area contributed by atoms with Gasteiger partial charge in [0.15, 0.2) is 9.84 Å². The molecule has 2 saturated heterocycles. The molecule has 2 heterocycles. The van der Waals surface area contributed by atoms with Gasteiger partial charge in [0, 0.05) is 74.5 Å². The van der Waals surface area contributed by atoms with Crippen molar-refractivity contribution in [3.8, 4) is 0 Å². The van der Waals surface area contributed by atoms with Gasteiger partial charge in [-0.05, 0) is 58.7 Å². The van der Waals surface area contributed by atoms with Gasteiger partial charge in [-0.15, -0.1) is 0 Å². The molecule has 0 radical (unpaired) electrons. The molecule has 0 unspecified atom stereocenters. The number of benzene rings is 3. The van der Waals surface area contributed by atoms with Crippen LogP contribution in [0.5, 0.6) is 0 Å². The van der Waals surface area contributed by atoms with Gasteiger partial charge in [0.2, 0.25) is 0 Å². The van der Waals surface area contributed by atoms with Crippen molar-refractivity contribution in [3.63, 3.8) is 0 Å². The second-order valence-corrected chi connectivity index (χ2v) is 13.5. The number of hydrogen-bond acceptors (Lipinski definition) is 5. The Morgan fingerprint density at radius 3 is 1.98 bits per heavy atom. The average Bonchev–Trinajstić information content (AvgIpc) is 2.93. The lowest BCUT2D eigenvalue weighted by Gasteiger charge is -2.41. The number of carbonyl (C=O) groups excluding carboxylic acids is 1. The summed E-state index contributed by atoms with van der Waals surface area (Å²) in [7, 11) is 0.0514. The molecule has 5 rings (SSSR count). The summed E-state index contributed by atoms with van der Waals surface area (Å²) < 4.78 is 26.4. The molecule has 216 valence electrons. The summed E-state index contributed by atoms with van der Waals surface area (Å²) in [5.74, 6) is -0.0543. The first-order valence-corrected chi connectivity index (χ1v) is 16.0. The van der Waals surface area contributed by atoms with E-state index in [1.165, 1.54) is 5.41 Å². The molecule has 3 aromatic carbocycles. The highest BCUT2D eigenvalue weighted by Gasteiger charge is 2.31. The van der Waals surface area contributed by atoms with Crippen molar-refractivity contribution in [2.24, 2.45) is 0 Å². The summed E-state index contributed by atoms with van der Waals surface area (Å²) in [6.45, 7) is 3.80. The maximum atomic E-state index is 13.2. The molecular weight excluding hydrogens is 579 g/mol. The number of urea groups is 1. The molecular formula is C31H34Cl2N4O3S. The Bertz CT molecular complexity index is 1460. The van der Waals surface area contributed by atoms with Gasteiger partial charge in [-0.3, -0.25) is 4.90 Å². The second kappa shape index (κ2) is 12.4. The van der Waals surface area contributed by atoms with Gasteiger partial charge in [-0.2, -0.15) is 0 Å². The molecule has 3 aromatic rings. The van der Waals surface area contributed by atoms with E-state index in [0.29, 0.717) is 49.3 Å². The molecule has 0 N–H and O–H groups in total. The van der Waals surface area contributed by atoms with E-state index in [9.17, 15) is 13.2 Å². The maximum absolute atomic E-state index is 13.2. The van der Waals surface area contributed by atoms with Gasteiger partial charge in [0.1, 0.15) is 0 Å². The lowest BCUT2D eigenvalue weighted by atomic mass is 9.93. The van der Waals surface area contributed by atoms with Crippen LogP contribution in [0, 0.1) is 0 Å². The Balaban J connectivity index is 1.24. The Labute approximate surface area is 252 Å². The molecule has 0 aromatic heterocycles. The van der Waals surface area contributed by atoms with Crippen molar-refractivity contribution >= 4 is 44.8 Å². The number of sulfone groups is 1. The molecule has 0 aliphatic carbocycles. The van der Waals surface area contributed by atoms with E-state index in [4.69, 9.17) is 23.2 Å². The Morgan fingerprint density at radius 1 is 0.878 bits per heavy atom. The fourth-order valence-corrected chi connectivity index (χ4v) is 7.08. The highest BCUT2D eigenvalue weighted by molar-refractivity contribution is 7.93. The van der Waals surface area contributed by atoms with Crippen molar-refractivity contribution in [1.82, 2.24) is 14.7 Å². The molecule has 0 spiro atoms. The van der Waals surface area contributed by atoms with Crippen molar-refractivity contribution in [2.75, 3.05) is 58.3 Å². The maximum Gasteiger partial charge on any atom is 0.319 e. The third kappa shape index (κ3) is 7.25. The van der Waals surface area contributed by atoms with E-state index in [1.807, 2.05) is 77.7 Å².